The van der Waals surface area contributed by atoms with Gasteiger partial charge in [-0.05, 0) is 13.8 Å². The summed E-state index contributed by atoms with van der Waals surface area (Å²) in [7, 11) is 0. The van der Waals surface area contributed by atoms with Gasteiger partial charge in [0.15, 0.2) is 0 Å². The number of carbonyl (C=O) groups excluding carboxylic acids is 1. The summed E-state index contributed by atoms with van der Waals surface area (Å²) in [5, 5.41) is 13.5. The zero-order valence-electron chi connectivity index (χ0n) is 10.0. The quantitative estimate of drug-likeness (QED) is 0.556. The molecule has 6 heteroatoms. The van der Waals surface area contributed by atoms with E-state index in [1.54, 1.807) is 6.92 Å². The third-order valence-electron chi connectivity index (χ3n) is 1.93. The van der Waals surface area contributed by atoms with Crippen molar-refractivity contribution >= 4 is 12.0 Å². The van der Waals surface area contributed by atoms with Crippen LogP contribution in [0.4, 0.5) is 4.79 Å². The Kier molecular flexibility index (Phi) is 7.55. The van der Waals surface area contributed by atoms with Crippen LogP contribution in [-0.2, 0) is 9.53 Å². The van der Waals surface area contributed by atoms with Gasteiger partial charge in [0.05, 0.1) is 6.10 Å². The summed E-state index contributed by atoms with van der Waals surface area (Å²) in [6, 6.07) is -1.64. The molecule has 96 valence electrons. The minimum absolute atomic E-state index is 0.0518. The van der Waals surface area contributed by atoms with E-state index >= 15 is 0 Å². The second-order valence-electron chi connectivity index (χ2n) is 3.42. The average Bonchev–Trinajstić information content (AvgIpc) is 2.26. The number of rotatable bonds is 7. The van der Waals surface area contributed by atoms with Crippen LogP contribution in [0.2, 0.25) is 0 Å². The molecule has 6 nitrogen and oxygen atoms in total. The van der Waals surface area contributed by atoms with E-state index in [1.807, 2.05) is 6.92 Å². The molecule has 0 spiro atoms. The monoisotopic (exact) mass is 242 g/mol. The number of nitrogens with one attached hydrogen (secondary N) is 2. The summed E-state index contributed by atoms with van der Waals surface area (Å²) in [4.78, 5) is 22.0. The maximum absolute atomic E-state index is 11.3. The topological polar surface area (TPSA) is 87.7 Å². The normalized spacial score (nSPS) is 13.2. The van der Waals surface area contributed by atoms with Crippen LogP contribution in [-0.4, -0.2) is 42.4 Å². The zero-order chi connectivity index (χ0) is 13.3. The molecule has 17 heavy (non-hydrogen) atoms. The largest absolute Gasteiger partial charge is 0.480 e. The lowest BCUT2D eigenvalue weighted by molar-refractivity contribution is -0.139. The molecule has 0 saturated carbocycles. The average molecular weight is 242 g/mol. The molecule has 2 atom stereocenters. The molecule has 0 aliphatic heterocycles. The molecule has 0 aromatic heterocycles. The third-order valence-corrected chi connectivity index (χ3v) is 1.93. The van der Waals surface area contributed by atoms with Crippen molar-refractivity contribution in [2.45, 2.75) is 32.4 Å². The molecule has 0 bridgehead atoms. The van der Waals surface area contributed by atoms with E-state index in [2.05, 4.69) is 16.6 Å². The second kappa shape index (κ2) is 8.42. The lowest BCUT2D eigenvalue weighted by Gasteiger charge is -2.15. The van der Waals surface area contributed by atoms with Crippen molar-refractivity contribution in [3.63, 3.8) is 0 Å². The molecule has 2 amide bonds. The molecule has 0 radical (unpaired) electrons. The Morgan fingerprint density at radius 2 is 2.18 bits per heavy atom. The lowest BCUT2D eigenvalue weighted by atomic mass is 10.2. The van der Waals surface area contributed by atoms with Crippen molar-refractivity contribution in [2.24, 2.45) is 0 Å². The van der Waals surface area contributed by atoms with Crippen LogP contribution >= 0.6 is 0 Å². The molecule has 3 N–H and O–H groups in total. The van der Waals surface area contributed by atoms with Gasteiger partial charge in [-0.2, -0.15) is 0 Å². The molecular weight excluding hydrogens is 224 g/mol. The van der Waals surface area contributed by atoms with Crippen LogP contribution in [0.3, 0.4) is 0 Å². The number of aliphatic carboxylic acids is 1. The molecule has 0 saturated heterocycles. The van der Waals surface area contributed by atoms with Crippen LogP contribution in [0.1, 0.15) is 20.3 Å². The maximum Gasteiger partial charge on any atom is 0.327 e. The standard InChI is InChI=1S/C11H18N2O4/c1-4-6-9(10(14)15)13-11(16)12-7-8(3)17-5-2/h1,8-9H,5-7H2,2-3H3,(H,14,15)(H2,12,13,16). The number of terminal acetylenes is 1. The molecular formula is C11H18N2O4. The summed E-state index contributed by atoms with van der Waals surface area (Å²) < 4.78 is 5.20. The maximum atomic E-state index is 11.3. The van der Waals surface area contributed by atoms with Crippen molar-refractivity contribution in [2.75, 3.05) is 13.2 Å². The first-order valence-corrected chi connectivity index (χ1v) is 5.33. The Morgan fingerprint density at radius 3 is 2.65 bits per heavy atom. The molecule has 0 heterocycles. The van der Waals surface area contributed by atoms with E-state index in [1.165, 1.54) is 0 Å². The number of ether oxygens (including phenoxy) is 1. The van der Waals surface area contributed by atoms with Gasteiger partial charge in [0.2, 0.25) is 0 Å². The van der Waals surface area contributed by atoms with Gasteiger partial charge in [-0.3, -0.25) is 0 Å². The Morgan fingerprint density at radius 1 is 1.53 bits per heavy atom. The van der Waals surface area contributed by atoms with Crippen molar-refractivity contribution < 1.29 is 19.4 Å². The van der Waals surface area contributed by atoms with E-state index < -0.39 is 18.0 Å². The third kappa shape index (κ3) is 7.19. The number of carbonyl (C=O) groups is 2. The van der Waals surface area contributed by atoms with Gasteiger partial charge in [0, 0.05) is 19.6 Å². The lowest BCUT2D eigenvalue weighted by Crippen LogP contribution is -2.47. The van der Waals surface area contributed by atoms with Gasteiger partial charge in [-0.15, -0.1) is 12.3 Å². The van der Waals surface area contributed by atoms with Crippen molar-refractivity contribution in [3.05, 3.63) is 0 Å². The molecule has 0 aliphatic carbocycles. The van der Waals surface area contributed by atoms with E-state index in [-0.39, 0.29) is 12.5 Å². The van der Waals surface area contributed by atoms with Gasteiger partial charge in [-0.1, -0.05) is 0 Å². The molecule has 0 rings (SSSR count). The van der Waals surface area contributed by atoms with Gasteiger partial charge >= 0.3 is 12.0 Å². The number of hydrogen-bond donors (Lipinski definition) is 3. The minimum Gasteiger partial charge on any atom is -0.480 e. The number of hydrogen-bond acceptors (Lipinski definition) is 3. The smallest absolute Gasteiger partial charge is 0.327 e. The van der Waals surface area contributed by atoms with Crippen molar-refractivity contribution in [1.82, 2.24) is 10.6 Å². The van der Waals surface area contributed by atoms with E-state index in [9.17, 15) is 9.59 Å². The molecule has 0 fully saturated rings. The summed E-state index contributed by atoms with van der Waals surface area (Å²) in [5.74, 6) is 1.04. The minimum atomic E-state index is -1.16. The first-order chi connectivity index (χ1) is 8.01. The number of urea groups is 1. The Hall–Kier alpha value is -1.74. The van der Waals surface area contributed by atoms with Crippen LogP contribution in [0.5, 0.6) is 0 Å². The number of amides is 2. The van der Waals surface area contributed by atoms with E-state index in [0.29, 0.717) is 13.2 Å². The first-order valence-electron chi connectivity index (χ1n) is 5.33. The highest BCUT2D eigenvalue weighted by Gasteiger charge is 2.18. The SMILES string of the molecule is C#CCC(NC(=O)NCC(C)OCC)C(=O)O. The van der Waals surface area contributed by atoms with Gasteiger partial charge < -0.3 is 20.5 Å². The van der Waals surface area contributed by atoms with Crippen LogP contribution in [0.25, 0.3) is 0 Å². The number of carboxylic acids is 1. The van der Waals surface area contributed by atoms with Gasteiger partial charge in [-0.25, -0.2) is 9.59 Å². The van der Waals surface area contributed by atoms with Crippen molar-refractivity contribution in [1.29, 1.82) is 0 Å². The Balaban J connectivity index is 3.99. The fourth-order valence-corrected chi connectivity index (χ4v) is 1.11. The summed E-state index contributed by atoms with van der Waals surface area (Å²) in [5.41, 5.74) is 0. The number of carboxylic acid groups (broad SMARTS) is 1. The summed E-state index contributed by atoms with van der Waals surface area (Å²) in [6.07, 6.45) is 4.82. The molecule has 0 aromatic rings. The second-order valence-corrected chi connectivity index (χ2v) is 3.42. The van der Waals surface area contributed by atoms with Gasteiger partial charge in [0.1, 0.15) is 6.04 Å². The van der Waals surface area contributed by atoms with E-state index in [4.69, 9.17) is 16.3 Å². The first kappa shape index (κ1) is 15.3. The molecule has 2 unspecified atom stereocenters. The van der Waals surface area contributed by atoms with Crippen molar-refractivity contribution in [3.8, 4) is 12.3 Å². The van der Waals surface area contributed by atoms with Gasteiger partial charge in [0.25, 0.3) is 0 Å². The Labute approximate surface area is 101 Å². The molecule has 0 aliphatic rings. The summed E-state index contributed by atoms with van der Waals surface area (Å²) in [6.45, 7) is 4.52. The zero-order valence-corrected chi connectivity index (χ0v) is 10.0. The highest BCUT2D eigenvalue weighted by atomic mass is 16.5. The molecule has 0 aromatic carbocycles. The predicted molar refractivity (Wildman–Crippen MR) is 62.5 cm³/mol. The van der Waals surface area contributed by atoms with Crippen LogP contribution in [0.15, 0.2) is 0 Å². The predicted octanol–water partition coefficient (Wildman–Crippen LogP) is 0.187. The fraction of sp³-hybridized carbons (Fsp3) is 0.636. The van der Waals surface area contributed by atoms with Crippen LogP contribution < -0.4 is 10.6 Å². The Bertz CT molecular complexity index is 298. The fourth-order valence-electron chi connectivity index (χ4n) is 1.11. The highest BCUT2D eigenvalue weighted by Crippen LogP contribution is 1.91. The van der Waals surface area contributed by atoms with Crippen LogP contribution in [0, 0.1) is 12.3 Å². The highest BCUT2D eigenvalue weighted by molar-refractivity contribution is 5.82. The van der Waals surface area contributed by atoms with E-state index in [0.717, 1.165) is 0 Å². The summed E-state index contributed by atoms with van der Waals surface area (Å²) >= 11 is 0.